The van der Waals surface area contributed by atoms with Gasteiger partial charge in [-0.15, -0.1) is 0 Å². The summed E-state index contributed by atoms with van der Waals surface area (Å²) in [6, 6.07) is 3.24. The number of hydrogen-bond donors (Lipinski definition) is 1. The van der Waals surface area contributed by atoms with E-state index in [1.54, 1.807) is 12.5 Å². The summed E-state index contributed by atoms with van der Waals surface area (Å²) in [7, 11) is 0. The van der Waals surface area contributed by atoms with E-state index in [4.69, 9.17) is 22.1 Å². The highest BCUT2D eigenvalue weighted by molar-refractivity contribution is 6.30. The first-order valence-corrected chi connectivity index (χ1v) is 7.38. The number of halogens is 4. The van der Waals surface area contributed by atoms with Crippen LogP contribution in [0.1, 0.15) is 18.9 Å². The maximum absolute atomic E-state index is 12.1. The number of rotatable bonds is 5. The van der Waals surface area contributed by atoms with E-state index in [1.807, 2.05) is 10.8 Å². The Balaban J connectivity index is 0.000000231. The molecular weight excluding hydrogens is 331 g/mol. The van der Waals surface area contributed by atoms with Crippen molar-refractivity contribution in [2.75, 3.05) is 18.9 Å². The highest BCUT2D eigenvalue weighted by Crippen LogP contribution is 2.34. The summed E-state index contributed by atoms with van der Waals surface area (Å²) in [5.74, 6) is 0. The number of aromatic nitrogens is 2. The van der Waals surface area contributed by atoms with Crippen LogP contribution in [0, 0.1) is 0 Å². The second-order valence-corrected chi connectivity index (χ2v) is 5.08. The number of benzene rings is 1. The summed E-state index contributed by atoms with van der Waals surface area (Å²) < 4.78 is 43.6. The smallest absolute Gasteiger partial charge is 0.398 e. The van der Waals surface area contributed by atoms with E-state index in [-0.39, 0.29) is 10.7 Å². The van der Waals surface area contributed by atoms with Crippen molar-refractivity contribution in [2.45, 2.75) is 26.1 Å². The Morgan fingerprint density at radius 1 is 1.30 bits per heavy atom. The molecule has 0 amide bonds. The minimum Gasteiger partial charge on any atom is -0.398 e. The van der Waals surface area contributed by atoms with Gasteiger partial charge in [0, 0.05) is 36.3 Å². The fourth-order valence-electron chi connectivity index (χ4n) is 1.61. The molecule has 0 unspecified atom stereocenters. The molecule has 1 aromatic heterocycles. The van der Waals surface area contributed by atoms with Gasteiger partial charge < -0.3 is 15.0 Å². The lowest BCUT2D eigenvalue weighted by atomic mass is 10.2. The average Bonchev–Trinajstić information content (AvgIpc) is 2.99. The van der Waals surface area contributed by atoms with Crippen LogP contribution in [0.25, 0.3) is 0 Å². The molecule has 128 valence electrons. The Kier molecular flexibility index (Phi) is 7.91. The van der Waals surface area contributed by atoms with E-state index in [9.17, 15) is 13.2 Å². The molecule has 2 aromatic rings. The normalized spacial score (nSPS) is 11.0. The summed E-state index contributed by atoms with van der Waals surface area (Å²) in [5, 5.41) is 0.0246. The summed E-state index contributed by atoms with van der Waals surface area (Å²) in [5.41, 5.74) is 3.89. The minimum absolute atomic E-state index is 0.0246. The molecular formula is C15H19ClF3N3O. The number of ether oxygens (including phenoxy) is 1. The molecule has 2 rings (SSSR count). The van der Waals surface area contributed by atoms with Crippen molar-refractivity contribution in [3.8, 4) is 0 Å². The van der Waals surface area contributed by atoms with E-state index in [0.717, 1.165) is 38.3 Å². The quantitative estimate of drug-likeness (QED) is 0.648. The second kappa shape index (κ2) is 9.42. The number of alkyl halides is 3. The molecule has 0 saturated carbocycles. The number of nitrogen functional groups attached to an aromatic ring is 1. The molecule has 0 atom stereocenters. The lowest BCUT2D eigenvalue weighted by Crippen LogP contribution is -2.08. The molecule has 2 N–H and O–H groups in total. The zero-order valence-corrected chi connectivity index (χ0v) is 13.4. The van der Waals surface area contributed by atoms with Crippen molar-refractivity contribution >= 4 is 17.3 Å². The van der Waals surface area contributed by atoms with E-state index in [0.29, 0.717) is 0 Å². The number of nitrogens with zero attached hydrogens (tertiary/aromatic N) is 2. The predicted molar refractivity (Wildman–Crippen MR) is 84.2 cm³/mol. The number of imidazole rings is 1. The van der Waals surface area contributed by atoms with Gasteiger partial charge in [0.25, 0.3) is 0 Å². The molecule has 0 aliphatic rings. The Labute approximate surface area is 138 Å². The maximum Gasteiger partial charge on any atom is 0.418 e. The molecule has 0 bridgehead atoms. The van der Waals surface area contributed by atoms with Crippen molar-refractivity contribution in [2.24, 2.45) is 0 Å². The maximum atomic E-state index is 12.1. The van der Waals surface area contributed by atoms with E-state index in [2.05, 4.69) is 11.9 Å². The number of nitrogens with two attached hydrogens (primary N) is 1. The Morgan fingerprint density at radius 3 is 2.57 bits per heavy atom. The van der Waals surface area contributed by atoms with Crippen LogP contribution < -0.4 is 5.73 Å². The molecule has 1 heterocycles. The Hall–Kier alpha value is -1.73. The monoisotopic (exact) mass is 349 g/mol. The second-order valence-electron chi connectivity index (χ2n) is 4.64. The standard InChI is InChI=1S/C8H14N2O.C7H5ClF3N/c1-2-6-11-7-5-10-4-3-9-8-10;8-4-1-2-6(12)5(3-4)7(9,10)11/h3-4,8H,2,5-7H2,1H3;1-3H,12H2. The van der Waals surface area contributed by atoms with Crippen LogP contribution in [0.3, 0.4) is 0 Å². The van der Waals surface area contributed by atoms with Gasteiger partial charge in [0.2, 0.25) is 0 Å². The minimum atomic E-state index is -4.44. The predicted octanol–water partition coefficient (Wildman–Crippen LogP) is 4.25. The number of hydrogen-bond acceptors (Lipinski definition) is 3. The highest BCUT2D eigenvalue weighted by atomic mass is 35.5. The van der Waals surface area contributed by atoms with Gasteiger partial charge in [0.15, 0.2) is 0 Å². The fraction of sp³-hybridized carbons (Fsp3) is 0.400. The summed E-state index contributed by atoms with van der Waals surface area (Å²) >= 11 is 5.37. The molecule has 23 heavy (non-hydrogen) atoms. The molecule has 0 radical (unpaired) electrons. The lowest BCUT2D eigenvalue weighted by molar-refractivity contribution is -0.136. The summed E-state index contributed by atoms with van der Waals surface area (Å²) in [6.07, 6.45) is 2.17. The highest BCUT2D eigenvalue weighted by Gasteiger charge is 2.32. The Bertz CT molecular complexity index is 574. The van der Waals surface area contributed by atoms with Crippen molar-refractivity contribution in [3.63, 3.8) is 0 Å². The van der Waals surface area contributed by atoms with Crippen molar-refractivity contribution < 1.29 is 17.9 Å². The Morgan fingerprint density at radius 2 is 2.04 bits per heavy atom. The van der Waals surface area contributed by atoms with Gasteiger partial charge in [-0.05, 0) is 24.6 Å². The van der Waals surface area contributed by atoms with E-state index in [1.165, 1.54) is 6.07 Å². The van der Waals surface area contributed by atoms with Crippen LogP contribution in [0.15, 0.2) is 36.9 Å². The zero-order valence-electron chi connectivity index (χ0n) is 12.7. The molecule has 0 saturated heterocycles. The molecule has 0 aliphatic heterocycles. The van der Waals surface area contributed by atoms with Gasteiger partial charge >= 0.3 is 6.18 Å². The third-order valence-electron chi connectivity index (χ3n) is 2.72. The van der Waals surface area contributed by atoms with Crippen LogP contribution in [0.4, 0.5) is 18.9 Å². The summed E-state index contributed by atoms with van der Waals surface area (Å²) in [4.78, 5) is 3.93. The molecule has 4 nitrogen and oxygen atoms in total. The first-order valence-electron chi connectivity index (χ1n) is 7.00. The van der Waals surface area contributed by atoms with Gasteiger partial charge in [-0.1, -0.05) is 18.5 Å². The molecule has 0 aliphatic carbocycles. The van der Waals surface area contributed by atoms with Crippen molar-refractivity contribution in [3.05, 3.63) is 47.5 Å². The van der Waals surface area contributed by atoms with E-state index >= 15 is 0 Å². The average molecular weight is 350 g/mol. The van der Waals surface area contributed by atoms with Crippen LogP contribution in [-0.2, 0) is 17.5 Å². The largest absolute Gasteiger partial charge is 0.418 e. The van der Waals surface area contributed by atoms with Crippen molar-refractivity contribution in [1.29, 1.82) is 0 Å². The van der Waals surface area contributed by atoms with Gasteiger partial charge in [-0.25, -0.2) is 4.98 Å². The van der Waals surface area contributed by atoms with Crippen LogP contribution in [0.5, 0.6) is 0 Å². The van der Waals surface area contributed by atoms with E-state index < -0.39 is 11.7 Å². The molecule has 8 heteroatoms. The third-order valence-corrected chi connectivity index (χ3v) is 2.96. The van der Waals surface area contributed by atoms with Gasteiger partial charge in [0.1, 0.15) is 0 Å². The third kappa shape index (κ3) is 7.38. The lowest BCUT2D eigenvalue weighted by Gasteiger charge is -2.09. The van der Waals surface area contributed by atoms with Gasteiger partial charge in [-0.3, -0.25) is 0 Å². The van der Waals surface area contributed by atoms with Gasteiger partial charge in [-0.2, -0.15) is 13.2 Å². The molecule has 0 spiro atoms. The van der Waals surface area contributed by atoms with Crippen LogP contribution >= 0.6 is 11.6 Å². The zero-order chi connectivity index (χ0) is 17.3. The first-order chi connectivity index (χ1) is 10.8. The first kappa shape index (κ1) is 19.3. The fourth-order valence-corrected chi connectivity index (χ4v) is 1.78. The van der Waals surface area contributed by atoms with Crippen LogP contribution in [0.2, 0.25) is 5.02 Å². The number of anilines is 1. The topological polar surface area (TPSA) is 53.1 Å². The van der Waals surface area contributed by atoms with Gasteiger partial charge in [0.05, 0.1) is 18.5 Å². The van der Waals surface area contributed by atoms with Crippen molar-refractivity contribution in [1.82, 2.24) is 9.55 Å². The SMILES string of the molecule is CCCOCCn1ccnc1.Nc1ccc(Cl)cc1C(F)(F)F. The van der Waals surface area contributed by atoms with Crippen LogP contribution in [-0.4, -0.2) is 22.8 Å². The molecule has 0 fully saturated rings. The molecule has 1 aromatic carbocycles. The summed E-state index contributed by atoms with van der Waals surface area (Å²) in [6.45, 7) is 4.65.